The zero-order valence-corrected chi connectivity index (χ0v) is 40.0. The molecule has 0 radical (unpaired) electrons. The number of carboxylic acids is 1. The first-order valence-corrected chi connectivity index (χ1v) is 24.2. The number of aliphatic carboxylic acids is 1. The molecule has 0 spiro atoms. The van der Waals surface area contributed by atoms with E-state index >= 15 is 0 Å². The van der Waals surface area contributed by atoms with E-state index in [4.69, 9.17) is 18.9 Å². The van der Waals surface area contributed by atoms with Crippen molar-refractivity contribution < 1.29 is 42.9 Å². The van der Waals surface area contributed by atoms with Gasteiger partial charge in [-0.15, -0.1) is 0 Å². The Balaban J connectivity index is 4.44. The number of rotatable bonds is 43. The lowest BCUT2D eigenvalue weighted by Crippen LogP contribution is -2.44. The highest BCUT2D eigenvalue weighted by molar-refractivity contribution is 5.70. The number of allylic oxidation sites excluding steroid dienone is 14. The molecule has 0 saturated carbocycles. The monoisotopic (exact) mass is 868 g/mol. The lowest BCUT2D eigenvalue weighted by atomic mass is 10.0. The fourth-order valence-corrected chi connectivity index (χ4v) is 6.16. The molecule has 2 atom stereocenters. The molecule has 0 N–H and O–H groups in total. The zero-order valence-electron chi connectivity index (χ0n) is 40.0. The second-order valence-electron chi connectivity index (χ2n) is 17.0. The van der Waals surface area contributed by atoms with Gasteiger partial charge in [-0.3, -0.25) is 9.59 Å². The number of carbonyl (C=O) groups excluding carboxylic acids is 3. The summed E-state index contributed by atoms with van der Waals surface area (Å²) in [6, 6.07) is 0. The van der Waals surface area contributed by atoms with E-state index in [1.165, 1.54) is 57.8 Å². The third-order valence-electron chi connectivity index (χ3n) is 9.91. The standard InChI is InChI=1S/C53H89NO8/c1-6-8-10-12-14-16-18-20-21-22-23-24-25-26-27-28-29-30-31-32-34-36-38-40-42-44-51(56)62-49(48-61-53(52(57)58)59-46-45-54(3,4)5)47-60-50(55)43-41-39-37-35-33-19-17-15-13-11-9-7-2/h8,10,14,16,20-21,23-24,26-27,29-30,32,34,49,53H,6-7,9,11-13,15,17-19,22,25,28,31,33,35-48H2,1-5H3/b10-8-,16-14-,21-20-,24-23-,27-26-,30-29-,34-32-. The summed E-state index contributed by atoms with van der Waals surface area (Å²) in [5, 5.41) is 11.7. The average molecular weight is 868 g/mol. The first-order valence-electron chi connectivity index (χ1n) is 24.2. The van der Waals surface area contributed by atoms with Gasteiger partial charge in [-0.2, -0.15) is 0 Å². The summed E-state index contributed by atoms with van der Waals surface area (Å²) in [6.07, 6.45) is 53.3. The van der Waals surface area contributed by atoms with E-state index < -0.39 is 24.3 Å². The van der Waals surface area contributed by atoms with Gasteiger partial charge in [0.25, 0.3) is 0 Å². The Bertz CT molecular complexity index is 1290. The number of hydrogen-bond donors (Lipinski definition) is 0. The third kappa shape index (κ3) is 44.5. The summed E-state index contributed by atoms with van der Waals surface area (Å²) in [6.45, 7) is 4.56. The van der Waals surface area contributed by atoms with Gasteiger partial charge in [0.1, 0.15) is 13.2 Å². The molecule has 9 nitrogen and oxygen atoms in total. The molecule has 0 aromatic heterocycles. The Kier molecular flexibility index (Phi) is 41.6. The molecule has 0 bridgehead atoms. The van der Waals surface area contributed by atoms with Crippen LogP contribution in [-0.4, -0.2) is 82.3 Å². The lowest BCUT2D eigenvalue weighted by molar-refractivity contribution is -0.870. The average Bonchev–Trinajstić information content (AvgIpc) is 3.23. The van der Waals surface area contributed by atoms with Crippen LogP contribution in [0.1, 0.15) is 174 Å². The molecule has 0 aliphatic heterocycles. The van der Waals surface area contributed by atoms with Crippen molar-refractivity contribution >= 4 is 17.9 Å². The SMILES string of the molecule is CC/C=C\C/C=C\C/C=C\C/C=C\C/C=C\C/C=C\C/C=C\CCCCCC(=O)OC(COC(=O)CCCCCCCCCCCCCC)COC(OCC[N+](C)(C)C)C(=O)[O-]. The highest BCUT2D eigenvalue weighted by atomic mass is 16.7. The summed E-state index contributed by atoms with van der Waals surface area (Å²) in [7, 11) is 5.89. The number of hydrogen-bond acceptors (Lipinski definition) is 8. The first kappa shape index (κ1) is 58.5. The van der Waals surface area contributed by atoms with Gasteiger partial charge in [0.2, 0.25) is 0 Å². The Labute approximate surface area is 379 Å². The van der Waals surface area contributed by atoms with E-state index in [9.17, 15) is 19.5 Å². The van der Waals surface area contributed by atoms with Crippen LogP contribution in [0, 0.1) is 0 Å². The minimum atomic E-state index is -1.63. The highest BCUT2D eigenvalue weighted by Crippen LogP contribution is 2.14. The van der Waals surface area contributed by atoms with Crippen LogP contribution < -0.4 is 5.11 Å². The number of quaternary nitrogens is 1. The van der Waals surface area contributed by atoms with Crippen molar-refractivity contribution in [2.75, 3.05) is 47.5 Å². The summed E-state index contributed by atoms with van der Waals surface area (Å²) in [5.74, 6) is -2.34. The van der Waals surface area contributed by atoms with Crippen molar-refractivity contribution in [3.8, 4) is 0 Å². The molecular formula is C53H89NO8. The quantitative estimate of drug-likeness (QED) is 0.0196. The molecule has 0 heterocycles. The van der Waals surface area contributed by atoms with Gasteiger partial charge in [-0.1, -0.05) is 176 Å². The second-order valence-corrected chi connectivity index (χ2v) is 17.0. The van der Waals surface area contributed by atoms with Gasteiger partial charge >= 0.3 is 11.9 Å². The largest absolute Gasteiger partial charge is 0.545 e. The molecule has 0 rings (SSSR count). The van der Waals surface area contributed by atoms with E-state index in [1.54, 1.807) is 0 Å². The van der Waals surface area contributed by atoms with Gasteiger partial charge in [0.05, 0.1) is 40.3 Å². The number of esters is 2. The smallest absolute Gasteiger partial charge is 0.306 e. The van der Waals surface area contributed by atoms with Crippen LogP contribution in [0.3, 0.4) is 0 Å². The lowest BCUT2D eigenvalue weighted by Gasteiger charge is -2.26. The van der Waals surface area contributed by atoms with Crippen molar-refractivity contribution in [3.63, 3.8) is 0 Å². The molecule has 2 unspecified atom stereocenters. The number of carboxylic acid groups (broad SMARTS) is 1. The number of nitrogens with zero attached hydrogens (tertiary/aromatic N) is 1. The molecule has 62 heavy (non-hydrogen) atoms. The van der Waals surface area contributed by atoms with Crippen molar-refractivity contribution in [3.05, 3.63) is 85.1 Å². The fourth-order valence-electron chi connectivity index (χ4n) is 6.16. The van der Waals surface area contributed by atoms with Gasteiger partial charge in [-0.05, 0) is 70.6 Å². The Hall–Kier alpha value is -3.53. The predicted molar refractivity (Wildman–Crippen MR) is 255 cm³/mol. The van der Waals surface area contributed by atoms with Gasteiger partial charge in [0, 0.05) is 12.8 Å². The minimum Gasteiger partial charge on any atom is -0.545 e. The zero-order chi connectivity index (χ0) is 45.6. The maximum atomic E-state index is 12.8. The van der Waals surface area contributed by atoms with Crippen molar-refractivity contribution in [2.45, 2.75) is 187 Å². The van der Waals surface area contributed by atoms with Crippen molar-refractivity contribution in [1.82, 2.24) is 0 Å². The van der Waals surface area contributed by atoms with E-state index in [0.29, 0.717) is 17.4 Å². The molecule has 0 aliphatic rings. The summed E-state index contributed by atoms with van der Waals surface area (Å²) < 4.78 is 22.5. The van der Waals surface area contributed by atoms with Crippen LogP contribution in [-0.2, 0) is 33.3 Å². The molecule has 0 aromatic carbocycles. The molecule has 0 amide bonds. The maximum Gasteiger partial charge on any atom is 0.306 e. The van der Waals surface area contributed by atoms with Crippen molar-refractivity contribution in [2.24, 2.45) is 0 Å². The number of carbonyl (C=O) groups is 3. The number of likely N-dealkylation sites (N-methyl/N-ethyl adjacent to an activating group) is 1. The summed E-state index contributed by atoms with van der Waals surface area (Å²) >= 11 is 0. The normalized spacial score (nSPS) is 13.6. The molecule has 0 aliphatic carbocycles. The molecule has 0 saturated heterocycles. The van der Waals surface area contributed by atoms with Crippen molar-refractivity contribution in [1.29, 1.82) is 0 Å². The Morgan fingerprint density at radius 2 is 0.919 bits per heavy atom. The first-order chi connectivity index (χ1) is 30.1. The van der Waals surface area contributed by atoms with Crippen LogP contribution in [0.2, 0.25) is 0 Å². The van der Waals surface area contributed by atoms with Crippen LogP contribution >= 0.6 is 0 Å². The molecular weight excluding hydrogens is 779 g/mol. The van der Waals surface area contributed by atoms with E-state index in [-0.39, 0.29) is 38.6 Å². The molecule has 9 heteroatoms. The van der Waals surface area contributed by atoms with Gasteiger partial charge in [-0.25, -0.2) is 0 Å². The number of ether oxygens (including phenoxy) is 4. The van der Waals surface area contributed by atoms with Crippen LogP contribution in [0.15, 0.2) is 85.1 Å². The topological polar surface area (TPSA) is 111 Å². The fraction of sp³-hybridized carbons (Fsp3) is 0.679. The Morgan fingerprint density at radius 3 is 1.37 bits per heavy atom. The Morgan fingerprint density at radius 1 is 0.500 bits per heavy atom. The molecule has 0 aromatic rings. The molecule has 0 fully saturated rings. The predicted octanol–water partition coefficient (Wildman–Crippen LogP) is 11.9. The molecule has 354 valence electrons. The third-order valence-corrected chi connectivity index (χ3v) is 9.91. The summed E-state index contributed by atoms with van der Waals surface area (Å²) in [5.41, 5.74) is 0. The number of unbranched alkanes of at least 4 members (excludes halogenated alkanes) is 14. The minimum absolute atomic E-state index is 0.137. The van der Waals surface area contributed by atoms with E-state index in [1.807, 2.05) is 21.1 Å². The van der Waals surface area contributed by atoms with Crippen LogP contribution in [0.5, 0.6) is 0 Å². The maximum absolute atomic E-state index is 12.8. The van der Waals surface area contributed by atoms with Crippen LogP contribution in [0.25, 0.3) is 0 Å². The second kappa shape index (κ2) is 44.1. The van der Waals surface area contributed by atoms with Crippen LogP contribution in [0.4, 0.5) is 0 Å². The summed E-state index contributed by atoms with van der Waals surface area (Å²) in [4.78, 5) is 37.0. The van der Waals surface area contributed by atoms with Gasteiger partial charge < -0.3 is 33.3 Å². The van der Waals surface area contributed by atoms with E-state index in [2.05, 4.69) is 98.9 Å². The van der Waals surface area contributed by atoms with Gasteiger partial charge in [0.15, 0.2) is 12.4 Å². The highest BCUT2D eigenvalue weighted by Gasteiger charge is 2.21. The van der Waals surface area contributed by atoms with E-state index in [0.717, 1.165) is 83.5 Å².